The molecule has 15 heavy (non-hydrogen) atoms. The third kappa shape index (κ3) is 2.07. The minimum Gasteiger partial charge on any atom is -0.373 e. The van der Waals surface area contributed by atoms with Crippen LogP contribution in [-0.2, 0) is 4.74 Å². The van der Waals surface area contributed by atoms with Crippen LogP contribution < -0.4 is 0 Å². The standard InChI is InChI=1S/C12H18N2O/c1-2-4-12(15-7-3-1)10-8-13-14(9-10)11-5-6-11/h8-9,11-12H,1-7H2/t12-/m1/s1. The molecule has 1 aliphatic carbocycles. The van der Waals surface area contributed by atoms with Gasteiger partial charge in [0.05, 0.1) is 18.3 Å². The van der Waals surface area contributed by atoms with E-state index in [-0.39, 0.29) is 0 Å². The highest BCUT2D eigenvalue weighted by Gasteiger charge is 2.25. The maximum absolute atomic E-state index is 5.85. The molecule has 0 spiro atoms. The second kappa shape index (κ2) is 3.97. The lowest BCUT2D eigenvalue weighted by Gasteiger charge is -2.12. The van der Waals surface area contributed by atoms with E-state index in [0.717, 1.165) is 13.0 Å². The number of aromatic nitrogens is 2. The van der Waals surface area contributed by atoms with E-state index in [1.165, 1.54) is 37.7 Å². The minimum absolute atomic E-state index is 0.306. The third-order valence-corrected chi connectivity index (χ3v) is 3.34. The number of nitrogens with zero attached hydrogens (tertiary/aromatic N) is 2. The Balaban J connectivity index is 1.72. The molecule has 1 saturated heterocycles. The highest BCUT2D eigenvalue weighted by atomic mass is 16.5. The largest absolute Gasteiger partial charge is 0.373 e. The zero-order valence-electron chi connectivity index (χ0n) is 9.06. The van der Waals surface area contributed by atoms with E-state index in [0.29, 0.717) is 12.1 Å². The van der Waals surface area contributed by atoms with Crippen molar-refractivity contribution in [2.24, 2.45) is 0 Å². The van der Waals surface area contributed by atoms with Crippen molar-refractivity contribution in [3.63, 3.8) is 0 Å². The lowest BCUT2D eigenvalue weighted by Crippen LogP contribution is -2.01. The predicted molar refractivity (Wildman–Crippen MR) is 57.7 cm³/mol. The molecule has 1 aliphatic heterocycles. The highest BCUT2D eigenvalue weighted by molar-refractivity contribution is 5.10. The molecule has 2 heterocycles. The van der Waals surface area contributed by atoms with Crippen LogP contribution in [-0.4, -0.2) is 16.4 Å². The zero-order valence-corrected chi connectivity index (χ0v) is 9.06. The summed E-state index contributed by atoms with van der Waals surface area (Å²) in [4.78, 5) is 0. The molecule has 3 heteroatoms. The molecule has 0 radical (unpaired) electrons. The van der Waals surface area contributed by atoms with Gasteiger partial charge in [0.25, 0.3) is 0 Å². The van der Waals surface area contributed by atoms with Crippen LogP contribution in [0.3, 0.4) is 0 Å². The summed E-state index contributed by atoms with van der Waals surface area (Å²) >= 11 is 0. The predicted octanol–water partition coefficient (Wildman–Crippen LogP) is 2.85. The summed E-state index contributed by atoms with van der Waals surface area (Å²) < 4.78 is 7.96. The molecule has 0 unspecified atom stereocenters. The van der Waals surface area contributed by atoms with E-state index in [2.05, 4.69) is 16.0 Å². The van der Waals surface area contributed by atoms with Gasteiger partial charge in [0, 0.05) is 18.4 Å². The summed E-state index contributed by atoms with van der Waals surface area (Å²) in [5.74, 6) is 0. The molecule has 1 saturated carbocycles. The third-order valence-electron chi connectivity index (χ3n) is 3.34. The molecule has 82 valence electrons. The van der Waals surface area contributed by atoms with E-state index >= 15 is 0 Å². The average Bonchev–Trinajstić information content (AvgIpc) is 3.04. The number of hydrogen-bond donors (Lipinski definition) is 0. The molecule has 0 aromatic carbocycles. The van der Waals surface area contributed by atoms with Gasteiger partial charge in [-0.05, 0) is 25.7 Å². The van der Waals surface area contributed by atoms with E-state index in [1.54, 1.807) is 0 Å². The van der Waals surface area contributed by atoms with Gasteiger partial charge >= 0.3 is 0 Å². The van der Waals surface area contributed by atoms with Crippen molar-refractivity contribution in [2.45, 2.75) is 50.7 Å². The lowest BCUT2D eigenvalue weighted by molar-refractivity contribution is 0.0582. The maximum Gasteiger partial charge on any atom is 0.0855 e. The Hall–Kier alpha value is -0.830. The van der Waals surface area contributed by atoms with Crippen molar-refractivity contribution in [1.29, 1.82) is 0 Å². The van der Waals surface area contributed by atoms with Gasteiger partial charge in [-0.2, -0.15) is 5.10 Å². The van der Waals surface area contributed by atoms with Crippen molar-refractivity contribution in [1.82, 2.24) is 9.78 Å². The van der Waals surface area contributed by atoms with Gasteiger partial charge in [0.1, 0.15) is 0 Å². The molecule has 1 aromatic rings. The van der Waals surface area contributed by atoms with Gasteiger partial charge in [-0.3, -0.25) is 4.68 Å². The van der Waals surface area contributed by atoms with Crippen LogP contribution >= 0.6 is 0 Å². The van der Waals surface area contributed by atoms with E-state index in [9.17, 15) is 0 Å². The summed E-state index contributed by atoms with van der Waals surface area (Å²) in [6, 6.07) is 0.685. The summed E-state index contributed by atoms with van der Waals surface area (Å²) in [5, 5.41) is 4.42. The molecule has 1 aromatic heterocycles. The first-order valence-electron chi connectivity index (χ1n) is 6.09. The number of ether oxygens (including phenoxy) is 1. The lowest BCUT2D eigenvalue weighted by atomic mass is 10.1. The van der Waals surface area contributed by atoms with Crippen LogP contribution in [0.15, 0.2) is 12.4 Å². The maximum atomic E-state index is 5.85. The molecule has 3 rings (SSSR count). The van der Waals surface area contributed by atoms with Gasteiger partial charge in [-0.15, -0.1) is 0 Å². The first-order chi connectivity index (χ1) is 7.43. The fourth-order valence-electron chi connectivity index (χ4n) is 2.24. The molecular weight excluding hydrogens is 188 g/mol. The molecule has 2 fully saturated rings. The van der Waals surface area contributed by atoms with Crippen LogP contribution in [0.5, 0.6) is 0 Å². The van der Waals surface area contributed by atoms with Crippen LogP contribution in [0.4, 0.5) is 0 Å². The second-order valence-corrected chi connectivity index (χ2v) is 4.69. The van der Waals surface area contributed by atoms with Crippen molar-refractivity contribution in [3.05, 3.63) is 18.0 Å². The topological polar surface area (TPSA) is 27.1 Å². The fraction of sp³-hybridized carbons (Fsp3) is 0.750. The van der Waals surface area contributed by atoms with Crippen molar-refractivity contribution < 1.29 is 4.74 Å². The van der Waals surface area contributed by atoms with Crippen molar-refractivity contribution in [2.75, 3.05) is 6.61 Å². The quantitative estimate of drug-likeness (QED) is 0.744. The summed E-state index contributed by atoms with van der Waals surface area (Å²) in [5.41, 5.74) is 1.28. The second-order valence-electron chi connectivity index (χ2n) is 4.69. The monoisotopic (exact) mass is 206 g/mol. The Morgan fingerprint density at radius 2 is 2.13 bits per heavy atom. The Morgan fingerprint density at radius 1 is 1.20 bits per heavy atom. The summed E-state index contributed by atoms with van der Waals surface area (Å²) in [7, 11) is 0. The van der Waals surface area contributed by atoms with Crippen LogP contribution in [0, 0.1) is 0 Å². The van der Waals surface area contributed by atoms with E-state index in [1.807, 2.05) is 6.20 Å². The Bertz CT molecular complexity index is 322. The highest BCUT2D eigenvalue weighted by Crippen LogP contribution is 2.35. The van der Waals surface area contributed by atoms with E-state index < -0.39 is 0 Å². The van der Waals surface area contributed by atoms with Gasteiger partial charge in [0.15, 0.2) is 0 Å². The number of hydrogen-bond acceptors (Lipinski definition) is 2. The Labute approximate surface area is 90.4 Å². The van der Waals surface area contributed by atoms with Crippen LogP contribution in [0.2, 0.25) is 0 Å². The fourth-order valence-corrected chi connectivity index (χ4v) is 2.24. The molecule has 2 aliphatic rings. The summed E-state index contributed by atoms with van der Waals surface area (Å²) in [6.45, 7) is 0.916. The zero-order chi connectivity index (χ0) is 10.1. The SMILES string of the molecule is c1nn(C2CC2)cc1[C@H]1CCCCCO1. The minimum atomic E-state index is 0.306. The normalized spacial score (nSPS) is 27.6. The van der Waals surface area contributed by atoms with Crippen molar-refractivity contribution >= 4 is 0 Å². The van der Waals surface area contributed by atoms with Gasteiger partial charge in [-0.25, -0.2) is 0 Å². The molecule has 0 N–H and O–H groups in total. The average molecular weight is 206 g/mol. The molecule has 3 nitrogen and oxygen atoms in total. The van der Waals surface area contributed by atoms with Crippen LogP contribution in [0.25, 0.3) is 0 Å². The molecule has 1 atom stereocenters. The molecule has 0 amide bonds. The van der Waals surface area contributed by atoms with Gasteiger partial charge < -0.3 is 4.74 Å². The van der Waals surface area contributed by atoms with Gasteiger partial charge in [-0.1, -0.05) is 12.8 Å². The Kier molecular flexibility index (Phi) is 2.49. The van der Waals surface area contributed by atoms with Crippen molar-refractivity contribution in [3.8, 4) is 0 Å². The summed E-state index contributed by atoms with van der Waals surface area (Å²) in [6.07, 6.45) is 12.1. The Morgan fingerprint density at radius 3 is 3.00 bits per heavy atom. The van der Waals surface area contributed by atoms with Gasteiger partial charge in [0.2, 0.25) is 0 Å². The van der Waals surface area contributed by atoms with E-state index in [4.69, 9.17) is 4.74 Å². The molecular formula is C12H18N2O. The first-order valence-corrected chi connectivity index (χ1v) is 6.09. The number of rotatable bonds is 2. The van der Waals surface area contributed by atoms with Crippen LogP contribution in [0.1, 0.15) is 56.2 Å². The first kappa shape index (κ1) is 9.40. The smallest absolute Gasteiger partial charge is 0.0855 e. The molecule has 0 bridgehead atoms.